The van der Waals surface area contributed by atoms with Crippen molar-refractivity contribution in [1.29, 1.82) is 0 Å². The van der Waals surface area contributed by atoms with Crippen molar-refractivity contribution in [3.8, 4) is 17.0 Å². The molecule has 0 aliphatic carbocycles. The van der Waals surface area contributed by atoms with E-state index in [2.05, 4.69) is 21.9 Å². The van der Waals surface area contributed by atoms with Gasteiger partial charge in [0.25, 0.3) is 10.0 Å². The lowest BCUT2D eigenvalue weighted by Gasteiger charge is -2.13. The van der Waals surface area contributed by atoms with E-state index in [1.807, 2.05) is 12.1 Å². The fraction of sp³-hybridized carbons (Fsp3) is 0.304. The Kier molecular flexibility index (Phi) is 8.71. The van der Waals surface area contributed by atoms with Crippen LogP contribution in [-0.4, -0.2) is 32.3 Å². The second-order valence-electron chi connectivity index (χ2n) is 7.34. The molecule has 0 spiro atoms. The van der Waals surface area contributed by atoms with Crippen molar-refractivity contribution in [3.63, 3.8) is 0 Å². The number of ether oxygens (including phenoxy) is 1. The molecule has 7 nitrogen and oxygen atoms in total. The van der Waals surface area contributed by atoms with Gasteiger partial charge in [0.2, 0.25) is 5.91 Å². The van der Waals surface area contributed by atoms with Gasteiger partial charge in [0, 0.05) is 10.9 Å². The smallest absolute Gasteiger partial charge is 0.262 e. The molecule has 0 aliphatic heterocycles. The van der Waals surface area contributed by atoms with Crippen molar-refractivity contribution < 1.29 is 17.9 Å². The average molecular weight is 508 g/mol. The summed E-state index contributed by atoms with van der Waals surface area (Å²) in [5, 5.41) is 4.77. The van der Waals surface area contributed by atoms with Gasteiger partial charge in [0.15, 0.2) is 5.13 Å². The molecule has 1 heterocycles. The van der Waals surface area contributed by atoms with Crippen molar-refractivity contribution in [2.24, 2.45) is 0 Å². The van der Waals surface area contributed by atoms with Gasteiger partial charge >= 0.3 is 0 Å². The largest absolute Gasteiger partial charge is 0.495 e. The summed E-state index contributed by atoms with van der Waals surface area (Å²) in [6.45, 7) is 2.15. The highest BCUT2D eigenvalue weighted by Crippen LogP contribution is 2.33. The van der Waals surface area contributed by atoms with E-state index in [-0.39, 0.29) is 16.7 Å². The Hall–Kier alpha value is -2.62. The van der Waals surface area contributed by atoms with E-state index in [9.17, 15) is 13.2 Å². The Balaban J connectivity index is 1.81. The number of amides is 1. The first kappa shape index (κ1) is 25.0. The maximum atomic E-state index is 13.0. The Morgan fingerprint density at radius 3 is 2.58 bits per heavy atom. The van der Waals surface area contributed by atoms with Crippen molar-refractivity contribution in [2.45, 2.75) is 37.5 Å². The number of sulfonamides is 1. The van der Waals surface area contributed by atoms with Crippen LogP contribution in [0.15, 0.2) is 52.7 Å². The second-order valence-corrected chi connectivity index (χ2v) is 10.1. The number of nitrogens with one attached hydrogen (secondary N) is 2. The van der Waals surface area contributed by atoms with E-state index in [1.54, 1.807) is 35.7 Å². The SMILES string of the molecule is CCCCCc1ccc(S(=O)(=O)Nc2cc(-c3csc(NC(=O)CCl)n3)ccc2OC)cc1. The maximum absolute atomic E-state index is 13.0. The summed E-state index contributed by atoms with van der Waals surface area (Å²) >= 11 is 6.77. The minimum Gasteiger partial charge on any atom is -0.495 e. The first-order valence-corrected chi connectivity index (χ1v) is 13.4. The predicted octanol–water partition coefficient (Wildman–Crippen LogP) is 5.53. The van der Waals surface area contributed by atoms with Gasteiger partial charge in [-0.3, -0.25) is 9.52 Å². The summed E-state index contributed by atoms with van der Waals surface area (Å²) in [5.41, 5.74) is 2.66. The van der Waals surface area contributed by atoms with E-state index < -0.39 is 10.0 Å². The standard InChI is InChI=1S/C23H26ClN3O4S2/c1-3-4-5-6-16-7-10-18(11-8-16)33(29,30)27-19-13-17(9-12-21(19)31-2)20-15-32-23(25-20)26-22(28)14-24/h7-13,15,27H,3-6,14H2,1-2H3,(H,25,26,28). The molecule has 0 bridgehead atoms. The van der Waals surface area contributed by atoms with Gasteiger partial charge in [-0.2, -0.15) is 0 Å². The summed E-state index contributed by atoms with van der Waals surface area (Å²) in [4.78, 5) is 16.0. The minimum absolute atomic E-state index is 0.164. The van der Waals surface area contributed by atoms with Gasteiger partial charge in [-0.05, 0) is 48.7 Å². The number of aromatic nitrogens is 1. The lowest BCUT2D eigenvalue weighted by molar-refractivity contribution is -0.113. The first-order chi connectivity index (χ1) is 15.9. The number of hydrogen-bond donors (Lipinski definition) is 2. The van der Waals surface area contributed by atoms with Gasteiger partial charge < -0.3 is 10.1 Å². The number of methoxy groups -OCH3 is 1. The molecule has 0 saturated heterocycles. The van der Waals surface area contributed by atoms with E-state index in [1.165, 1.54) is 18.4 Å². The monoisotopic (exact) mass is 507 g/mol. The summed E-state index contributed by atoms with van der Waals surface area (Å²) in [6.07, 6.45) is 4.30. The molecular formula is C23H26ClN3O4S2. The molecule has 0 fully saturated rings. The van der Waals surface area contributed by atoms with E-state index in [0.717, 1.165) is 31.2 Å². The fourth-order valence-electron chi connectivity index (χ4n) is 3.18. The Labute approximate surface area is 203 Å². The Morgan fingerprint density at radius 2 is 1.91 bits per heavy atom. The number of carbonyl (C=O) groups is 1. The summed E-state index contributed by atoms with van der Waals surface area (Å²) < 4.78 is 34.0. The lowest BCUT2D eigenvalue weighted by Crippen LogP contribution is -2.14. The number of aryl methyl sites for hydroxylation is 1. The molecule has 1 amide bonds. The summed E-state index contributed by atoms with van der Waals surface area (Å²) in [7, 11) is -2.35. The molecule has 0 radical (unpaired) electrons. The van der Waals surface area contributed by atoms with Crippen molar-refractivity contribution >= 4 is 49.7 Å². The van der Waals surface area contributed by atoms with Crippen LogP contribution in [0, 0.1) is 0 Å². The fourth-order valence-corrected chi connectivity index (χ4v) is 5.05. The zero-order chi connectivity index (χ0) is 23.8. The topological polar surface area (TPSA) is 97.4 Å². The zero-order valence-corrected chi connectivity index (χ0v) is 20.8. The highest BCUT2D eigenvalue weighted by molar-refractivity contribution is 7.92. The van der Waals surface area contributed by atoms with Crippen LogP contribution in [-0.2, 0) is 21.2 Å². The van der Waals surface area contributed by atoms with Crippen LogP contribution in [0.4, 0.5) is 10.8 Å². The van der Waals surface area contributed by atoms with Crippen LogP contribution in [0.1, 0.15) is 31.7 Å². The molecule has 176 valence electrons. The molecule has 0 saturated carbocycles. The first-order valence-electron chi connectivity index (χ1n) is 10.5. The highest BCUT2D eigenvalue weighted by atomic mass is 35.5. The third-order valence-corrected chi connectivity index (χ3v) is 7.30. The zero-order valence-electron chi connectivity index (χ0n) is 18.4. The molecule has 2 aromatic carbocycles. The van der Waals surface area contributed by atoms with Crippen LogP contribution < -0.4 is 14.8 Å². The summed E-state index contributed by atoms with van der Waals surface area (Å²) in [5.74, 6) is -0.134. The van der Waals surface area contributed by atoms with Gasteiger partial charge in [-0.25, -0.2) is 13.4 Å². The van der Waals surface area contributed by atoms with Crippen LogP contribution >= 0.6 is 22.9 Å². The number of hydrogen-bond acceptors (Lipinski definition) is 6. The molecule has 33 heavy (non-hydrogen) atoms. The second kappa shape index (κ2) is 11.5. The number of carbonyl (C=O) groups excluding carboxylic acids is 1. The average Bonchev–Trinajstić information content (AvgIpc) is 3.27. The summed E-state index contributed by atoms with van der Waals surface area (Å²) in [6, 6.07) is 12.0. The number of unbranched alkanes of at least 4 members (excludes halogenated alkanes) is 2. The number of thiazole rings is 1. The molecule has 0 unspecified atom stereocenters. The molecule has 2 N–H and O–H groups in total. The minimum atomic E-state index is -3.82. The predicted molar refractivity (Wildman–Crippen MR) is 134 cm³/mol. The molecular weight excluding hydrogens is 482 g/mol. The van der Waals surface area contributed by atoms with Gasteiger partial charge in [-0.1, -0.05) is 31.9 Å². The van der Waals surface area contributed by atoms with Crippen molar-refractivity contribution in [1.82, 2.24) is 4.98 Å². The third-order valence-electron chi connectivity index (χ3n) is 4.91. The number of benzene rings is 2. The number of alkyl halides is 1. The van der Waals surface area contributed by atoms with Gasteiger partial charge in [0.1, 0.15) is 11.6 Å². The molecule has 0 atom stereocenters. The van der Waals surface area contributed by atoms with Crippen LogP contribution in [0.3, 0.4) is 0 Å². The quantitative estimate of drug-likeness (QED) is 0.263. The van der Waals surface area contributed by atoms with Crippen LogP contribution in [0.5, 0.6) is 5.75 Å². The molecule has 0 aliphatic rings. The van der Waals surface area contributed by atoms with E-state index in [4.69, 9.17) is 16.3 Å². The normalized spacial score (nSPS) is 11.2. The third kappa shape index (κ3) is 6.69. The van der Waals surface area contributed by atoms with Crippen molar-refractivity contribution in [2.75, 3.05) is 23.0 Å². The van der Waals surface area contributed by atoms with Crippen LogP contribution in [0.25, 0.3) is 11.3 Å². The van der Waals surface area contributed by atoms with E-state index in [0.29, 0.717) is 27.8 Å². The number of anilines is 2. The molecule has 1 aromatic heterocycles. The Morgan fingerprint density at radius 1 is 1.15 bits per heavy atom. The van der Waals surface area contributed by atoms with Crippen LogP contribution in [0.2, 0.25) is 0 Å². The number of halogens is 1. The number of nitrogens with zero attached hydrogens (tertiary/aromatic N) is 1. The highest BCUT2D eigenvalue weighted by Gasteiger charge is 2.18. The lowest BCUT2D eigenvalue weighted by atomic mass is 10.1. The number of rotatable bonds is 11. The molecule has 3 rings (SSSR count). The molecule has 3 aromatic rings. The van der Waals surface area contributed by atoms with Crippen molar-refractivity contribution in [3.05, 3.63) is 53.4 Å². The van der Waals surface area contributed by atoms with Gasteiger partial charge in [-0.15, -0.1) is 22.9 Å². The maximum Gasteiger partial charge on any atom is 0.262 e. The molecule has 10 heteroatoms. The van der Waals surface area contributed by atoms with E-state index >= 15 is 0 Å². The Bertz CT molecular complexity index is 1190. The van der Waals surface area contributed by atoms with Gasteiger partial charge in [0.05, 0.1) is 23.4 Å².